The Morgan fingerprint density at radius 3 is 2.60 bits per heavy atom. The van der Waals surface area contributed by atoms with Crippen molar-refractivity contribution < 1.29 is 19.4 Å². The molecular formula is C19H18N2O4. The number of carbonyl (C=O) groups is 1. The highest BCUT2D eigenvalue weighted by Gasteiger charge is 2.13. The molecule has 1 aromatic heterocycles. The summed E-state index contributed by atoms with van der Waals surface area (Å²) < 4.78 is 10.5. The molecular weight excluding hydrogens is 320 g/mol. The van der Waals surface area contributed by atoms with Crippen molar-refractivity contribution in [3.63, 3.8) is 0 Å². The maximum atomic E-state index is 11.3. The SMILES string of the molecule is COc1ccc(C=C(C)c2nc3c(C(=O)O)cccc3[nH]2)cc1OC. The first-order valence-electron chi connectivity index (χ1n) is 7.66. The second-order valence-corrected chi connectivity index (χ2v) is 5.53. The van der Waals surface area contributed by atoms with Gasteiger partial charge in [-0.3, -0.25) is 0 Å². The minimum absolute atomic E-state index is 0.180. The smallest absolute Gasteiger partial charge is 0.337 e. The maximum Gasteiger partial charge on any atom is 0.337 e. The number of nitrogens with zero attached hydrogens (tertiary/aromatic N) is 1. The molecule has 6 heteroatoms. The zero-order chi connectivity index (χ0) is 18.0. The summed E-state index contributed by atoms with van der Waals surface area (Å²) in [4.78, 5) is 18.9. The molecule has 6 nitrogen and oxygen atoms in total. The van der Waals surface area contributed by atoms with E-state index in [1.807, 2.05) is 37.3 Å². The number of aromatic amines is 1. The molecule has 0 spiro atoms. The number of methoxy groups -OCH3 is 2. The maximum absolute atomic E-state index is 11.3. The van der Waals surface area contributed by atoms with Crippen LogP contribution in [0.5, 0.6) is 11.5 Å². The van der Waals surface area contributed by atoms with E-state index in [2.05, 4.69) is 9.97 Å². The molecule has 0 aliphatic heterocycles. The highest BCUT2D eigenvalue weighted by Crippen LogP contribution is 2.29. The molecule has 0 atom stereocenters. The summed E-state index contributed by atoms with van der Waals surface area (Å²) in [6.45, 7) is 1.91. The molecule has 0 bridgehead atoms. The van der Waals surface area contributed by atoms with Crippen LogP contribution in [0.15, 0.2) is 36.4 Å². The fourth-order valence-electron chi connectivity index (χ4n) is 2.65. The van der Waals surface area contributed by atoms with E-state index in [4.69, 9.17) is 9.47 Å². The van der Waals surface area contributed by atoms with Gasteiger partial charge in [0.05, 0.1) is 25.3 Å². The number of carboxylic acids is 1. The van der Waals surface area contributed by atoms with E-state index < -0.39 is 5.97 Å². The molecule has 25 heavy (non-hydrogen) atoms. The van der Waals surface area contributed by atoms with Gasteiger partial charge in [-0.15, -0.1) is 0 Å². The summed E-state index contributed by atoms with van der Waals surface area (Å²) in [5.74, 6) is 0.928. The van der Waals surface area contributed by atoms with Gasteiger partial charge in [-0.1, -0.05) is 12.1 Å². The first-order chi connectivity index (χ1) is 12.0. The van der Waals surface area contributed by atoms with E-state index in [9.17, 15) is 9.90 Å². The van der Waals surface area contributed by atoms with Gasteiger partial charge in [0.25, 0.3) is 0 Å². The Bertz CT molecular complexity index is 973. The predicted molar refractivity (Wildman–Crippen MR) is 96.1 cm³/mol. The average Bonchev–Trinajstić information content (AvgIpc) is 3.05. The van der Waals surface area contributed by atoms with E-state index in [-0.39, 0.29) is 5.56 Å². The lowest BCUT2D eigenvalue weighted by Gasteiger charge is -2.08. The van der Waals surface area contributed by atoms with Crippen molar-refractivity contribution in [3.8, 4) is 11.5 Å². The van der Waals surface area contributed by atoms with E-state index >= 15 is 0 Å². The molecule has 0 saturated heterocycles. The van der Waals surface area contributed by atoms with Crippen LogP contribution < -0.4 is 9.47 Å². The lowest BCUT2D eigenvalue weighted by Crippen LogP contribution is -1.96. The van der Waals surface area contributed by atoms with Crippen LogP contribution in [-0.2, 0) is 0 Å². The number of aromatic nitrogens is 2. The quantitative estimate of drug-likeness (QED) is 0.738. The Morgan fingerprint density at radius 2 is 1.92 bits per heavy atom. The third kappa shape index (κ3) is 3.19. The average molecular weight is 338 g/mol. The van der Waals surface area contributed by atoms with Crippen LogP contribution in [0, 0.1) is 0 Å². The predicted octanol–water partition coefficient (Wildman–Crippen LogP) is 3.84. The van der Waals surface area contributed by atoms with Gasteiger partial charge in [0, 0.05) is 0 Å². The summed E-state index contributed by atoms with van der Waals surface area (Å²) in [6, 6.07) is 10.7. The second kappa shape index (κ2) is 6.68. The standard InChI is InChI=1S/C19H18N2O4/c1-11(9-12-7-8-15(24-2)16(10-12)25-3)18-20-14-6-4-5-13(19(22)23)17(14)21-18/h4-10H,1-3H3,(H,20,21)(H,22,23). The third-order valence-corrected chi connectivity index (χ3v) is 3.91. The first-order valence-corrected chi connectivity index (χ1v) is 7.66. The highest BCUT2D eigenvalue weighted by molar-refractivity contribution is 6.01. The van der Waals surface area contributed by atoms with Gasteiger partial charge in [0.2, 0.25) is 0 Å². The molecule has 0 aliphatic carbocycles. The zero-order valence-electron chi connectivity index (χ0n) is 14.2. The molecule has 0 radical (unpaired) electrons. The molecule has 3 aromatic rings. The third-order valence-electron chi connectivity index (χ3n) is 3.91. The van der Waals surface area contributed by atoms with Crippen molar-refractivity contribution >= 4 is 28.7 Å². The van der Waals surface area contributed by atoms with Gasteiger partial charge in [-0.25, -0.2) is 9.78 Å². The number of nitrogens with one attached hydrogen (secondary N) is 1. The van der Waals surface area contributed by atoms with Gasteiger partial charge >= 0.3 is 5.97 Å². The van der Waals surface area contributed by atoms with Gasteiger partial charge < -0.3 is 19.6 Å². The second-order valence-electron chi connectivity index (χ2n) is 5.53. The number of hydrogen-bond acceptors (Lipinski definition) is 4. The monoisotopic (exact) mass is 338 g/mol. The minimum Gasteiger partial charge on any atom is -0.493 e. The summed E-state index contributed by atoms with van der Waals surface area (Å²) in [7, 11) is 3.18. The van der Waals surface area contributed by atoms with Gasteiger partial charge in [-0.05, 0) is 48.4 Å². The molecule has 3 rings (SSSR count). The topological polar surface area (TPSA) is 84.4 Å². The number of para-hydroxylation sites is 1. The number of rotatable bonds is 5. The summed E-state index contributed by atoms with van der Waals surface area (Å²) in [6.07, 6.45) is 1.94. The number of hydrogen-bond donors (Lipinski definition) is 2. The van der Waals surface area contributed by atoms with Crippen molar-refractivity contribution in [1.29, 1.82) is 0 Å². The first kappa shape index (κ1) is 16.6. The van der Waals surface area contributed by atoms with Crippen molar-refractivity contribution in [1.82, 2.24) is 9.97 Å². The lowest BCUT2D eigenvalue weighted by molar-refractivity contribution is 0.0699. The van der Waals surface area contributed by atoms with Gasteiger partial charge in [-0.2, -0.15) is 0 Å². The van der Waals surface area contributed by atoms with Crippen molar-refractivity contribution in [2.75, 3.05) is 14.2 Å². The van der Waals surface area contributed by atoms with E-state index in [0.717, 1.165) is 11.1 Å². The Morgan fingerprint density at radius 1 is 1.16 bits per heavy atom. The molecule has 0 unspecified atom stereocenters. The Kier molecular flexibility index (Phi) is 4.43. The van der Waals surface area contributed by atoms with Crippen molar-refractivity contribution in [2.24, 2.45) is 0 Å². The number of imidazole rings is 1. The molecule has 0 saturated carbocycles. The van der Waals surface area contributed by atoms with Crippen LogP contribution in [0.25, 0.3) is 22.7 Å². The van der Waals surface area contributed by atoms with Crippen LogP contribution >= 0.6 is 0 Å². The Labute approximate surface area is 144 Å². The van der Waals surface area contributed by atoms with Crippen LogP contribution in [-0.4, -0.2) is 35.3 Å². The molecule has 0 aliphatic rings. The van der Waals surface area contributed by atoms with Crippen LogP contribution in [0.2, 0.25) is 0 Å². The number of ether oxygens (including phenoxy) is 2. The van der Waals surface area contributed by atoms with E-state index in [1.165, 1.54) is 0 Å². The number of allylic oxidation sites excluding steroid dienone is 1. The lowest BCUT2D eigenvalue weighted by atomic mass is 10.1. The number of fused-ring (bicyclic) bond motifs is 1. The number of aromatic carboxylic acids is 1. The fraction of sp³-hybridized carbons (Fsp3) is 0.158. The Hall–Kier alpha value is -3.28. The van der Waals surface area contributed by atoms with Gasteiger partial charge in [0.15, 0.2) is 11.5 Å². The summed E-state index contributed by atoms with van der Waals surface area (Å²) in [5.41, 5.74) is 3.12. The highest BCUT2D eigenvalue weighted by atomic mass is 16.5. The Balaban J connectivity index is 2.02. The van der Waals surface area contributed by atoms with Crippen molar-refractivity contribution in [2.45, 2.75) is 6.92 Å². The number of carboxylic acid groups (broad SMARTS) is 1. The summed E-state index contributed by atoms with van der Waals surface area (Å²) >= 11 is 0. The largest absolute Gasteiger partial charge is 0.493 e. The molecule has 2 N–H and O–H groups in total. The number of H-pyrrole nitrogens is 1. The van der Waals surface area contributed by atoms with E-state index in [1.54, 1.807) is 26.4 Å². The molecule has 0 amide bonds. The number of benzene rings is 2. The normalized spacial score (nSPS) is 11.6. The van der Waals surface area contributed by atoms with Crippen LogP contribution in [0.3, 0.4) is 0 Å². The molecule has 128 valence electrons. The van der Waals surface area contributed by atoms with Gasteiger partial charge in [0.1, 0.15) is 11.3 Å². The summed E-state index contributed by atoms with van der Waals surface area (Å²) in [5, 5.41) is 9.28. The van der Waals surface area contributed by atoms with Crippen LogP contribution in [0.4, 0.5) is 0 Å². The van der Waals surface area contributed by atoms with E-state index in [0.29, 0.717) is 28.4 Å². The van der Waals surface area contributed by atoms with Crippen LogP contribution in [0.1, 0.15) is 28.7 Å². The molecule has 2 aromatic carbocycles. The van der Waals surface area contributed by atoms with Crippen molar-refractivity contribution in [3.05, 3.63) is 53.3 Å². The molecule has 0 fully saturated rings. The molecule has 1 heterocycles. The minimum atomic E-state index is -0.995. The fourth-order valence-corrected chi connectivity index (χ4v) is 2.65. The zero-order valence-corrected chi connectivity index (χ0v) is 14.2.